The molecule has 0 saturated heterocycles. The molecule has 6 atom stereocenters. The normalized spacial score (nSPS) is 31.8. The number of carbonyl (C=O) groups is 2. The second-order valence-electron chi connectivity index (χ2n) is 9.79. The minimum atomic E-state index is -0.949. The summed E-state index contributed by atoms with van der Waals surface area (Å²) in [5.74, 6) is -0.444. The third kappa shape index (κ3) is 9.03. The molecule has 1 aliphatic heterocycles. The Morgan fingerprint density at radius 1 is 1.14 bits per heavy atom. The number of fused-ring (bicyclic) bond motifs is 2. The first-order chi connectivity index (χ1) is 17.4. The van der Waals surface area contributed by atoms with Gasteiger partial charge in [-0.2, -0.15) is 0 Å². The van der Waals surface area contributed by atoms with Crippen LogP contribution >= 0.6 is 0 Å². The van der Waals surface area contributed by atoms with Crippen molar-refractivity contribution in [2.45, 2.75) is 65.0 Å². The highest BCUT2D eigenvalue weighted by Gasteiger charge is 2.29. The highest BCUT2D eigenvalue weighted by atomic mass is 16.6. The van der Waals surface area contributed by atoms with Crippen molar-refractivity contribution in [1.82, 2.24) is 0 Å². The van der Waals surface area contributed by atoms with E-state index in [9.17, 15) is 14.7 Å². The zero-order chi connectivity index (χ0) is 27.7. The predicted molar refractivity (Wildman–Crippen MR) is 145 cm³/mol. The lowest BCUT2D eigenvalue weighted by atomic mass is 9.88. The minimum Gasteiger partial charge on any atom is -0.439 e. The molecule has 0 fully saturated rings. The predicted octanol–water partition coefficient (Wildman–Crippen LogP) is 3.73. The van der Waals surface area contributed by atoms with Gasteiger partial charge in [-0.3, -0.25) is 4.79 Å². The molecule has 2 bridgehead atoms. The van der Waals surface area contributed by atoms with Crippen LogP contribution in [0.2, 0.25) is 0 Å². The van der Waals surface area contributed by atoms with Crippen LogP contribution in [0.15, 0.2) is 53.6 Å². The zero-order valence-electron chi connectivity index (χ0n) is 22.6. The Balaban J connectivity index is 2.53. The van der Waals surface area contributed by atoms with E-state index in [-0.39, 0.29) is 17.7 Å². The van der Waals surface area contributed by atoms with Crippen LogP contribution < -0.4 is 16.8 Å². The van der Waals surface area contributed by atoms with Gasteiger partial charge in [0.1, 0.15) is 6.10 Å². The van der Waals surface area contributed by atoms with Gasteiger partial charge in [0.25, 0.3) is 5.91 Å². The molecule has 0 unspecified atom stereocenters. The van der Waals surface area contributed by atoms with E-state index in [1.54, 1.807) is 45.3 Å². The number of rotatable bonds is 3. The van der Waals surface area contributed by atoms with Crippen molar-refractivity contribution in [2.24, 2.45) is 17.6 Å². The first-order valence-electron chi connectivity index (χ1n) is 12.4. The van der Waals surface area contributed by atoms with Gasteiger partial charge in [0.15, 0.2) is 6.10 Å². The molecule has 0 spiro atoms. The number of methoxy groups -OCH3 is 2. The van der Waals surface area contributed by atoms with Crippen LogP contribution in [0.3, 0.4) is 0 Å². The molecule has 1 aliphatic rings. The monoisotopic (exact) mass is 515 g/mol. The number of primary amides is 1. The number of aliphatic hydroxyl groups excluding tert-OH is 1. The molecule has 6 N–H and O–H groups in total. The molecule has 0 saturated carbocycles. The summed E-state index contributed by atoms with van der Waals surface area (Å²) in [5, 5.41) is 14.0. The maximum atomic E-state index is 12.8. The largest absolute Gasteiger partial charge is 0.439 e. The van der Waals surface area contributed by atoms with E-state index in [2.05, 4.69) is 12.2 Å². The summed E-state index contributed by atoms with van der Waals surface area (Å²) in [6.07, 6.45) is 4.39. The highest BCUT2D eigenvalue weighted by molar-refractivity contribution is 6.03. The molecule has 1 heterocycles. The van der Waals surface area contributed by atoms with Crippen molar-refractivity contribution >= 4 is 23.4 Å². The van der Waals surface area contributed by atoms with Gasteiger partial charge in [0, 0.05) is 37.1 Å². The number of nitrogens with two attached hydrogens (primary N) is 2. The topological polar surface area (TPSA) is 146 Å². The van der Waals surface area contributed by atoms with E-state index in [4.69, 9.17) is 25.7 Å². The van der Waals surface area contributed by atoms with Gasteiger partial charge < -0.3 is 36.1 Å². The molecule has 204 valence electrons. The van der Waals surface area contributed by atoms with Crippen molar-refractivity contribution in [2.75, 3.05) is 25.3 Å². The third-order valence-electron chi connectivity index (χ3n) is 6.51. The van der Waals surface area contributed by atoms with E-state index in [0.717, 1.165) is 5.56 Å². The Morgan fingerprint density at radius 2 is 1.84 bits per heavy atom. The van der Waals surface area contributed by atoms with Crippen LogP contribution in [-0.2, 0) is 25.4 Å². The van der Waals surface area contributed by atoms with E-state index in [1.165, 1.54) is 7.11 Å². The fourth-order valence-corrected chi connectivity index (χ4v) is 4.57. The van der Waals surface area contributed by atoms with E-state index in [0.29, 0.717) is 35.4 Å². The number of aliphatic hydroxyl groups is 1. The van der Waals surface area contributed by atoms with Gasteiger partial charge in [-0.05, 0) is 61.9 Å². The number of nitrogens with one attached hydrogen (secondary N) is 1. The van der Waals surface area contributed by atoms with Crippen molar-refractivity contribution in [1.29, 1.82) is 0 Å². The number of anilines is 2. The van der Waals surface area contributed by atoms with Gasteiger partial charge in [0.2, 0.25) is 0 Å². The highest BCUT2D eigenvalue weighted by Crippen LogP contribution is 2.26. The maximum absolute atomic E-state index is 12.8. The van der Waals surface area contributed by atoms with Crippen molar-refractivity contribution < 1.29 is 28.9 Å². The molecule has 0 aliphatic carbocycles. The van der Waals surface area contributed by atoms with Gasteiger partial charge in [0.05, 0.1) is 12.2 Å². The number of amides is 2. The van der Waals surface area contributed by atoms with Crippen LogP contribution in [0.5, 0.6) is 0 Å². The smallest absolute Gasteiger partial charge is 0.405 e. The summed E-state index contributed by atoms with van der Waals surface area (Å²) in [6, 6.07) is 5.50. The number of benzene rings is 1. The average Bonchev–Trinajstić information content (AvgIpc) is 2.82. The summed E-state index contributed by atoms with van der Waals surface area (Å²) >= 11 is 0. The molecule has 2 rings (SSSR count). The Hall–Kier alpha value is -3.14. The number of carbonyl (C=O) groups excluding carboxylic acids is 2. The van der Waals surface area contributed by atoms with Crippen LogP contribution in [0.1, 0.15) is 39.7 Å². The number of nitrogen functional groups attached to an aromatic ring is 1. The van der Waals surface area contributed by atoms with Crippen LogP contribution in [0, 0.1) is 11.8 Å². The summed E-state index contributed by atoms with van der Waals surface area (Å²) < 4.78 is 16.6. The molecule has 9 nitrogen and oxygen atoms in total. The maximum Gasteiger partial charge on any atom is 0.405 e. The van der Waals surface area contributed by atoms with Crippen LogP contribution in [-0.4, -0.2) is 55.7 Å². The molecule has 0 radical (unpaired) electrons. The lowest BCUT2D eigenvalue weighted by Gasteiger charge is -2.29. The quantitative estimate of drug-likeness (QED) is 0.354. The van der Waals surface area contributed by atoms with E-state index >= 15 is 0 Å². The summed E-state index contributed by atoms with van der Waals surface area (Å²) in [5.41, 5.74) is 14.7. The standard InChI is InChI=1S/C28H41N3O6/c1-16-10-20-13-21(29)15-22(14-20)31-27(33)17(2)8-7-9-23(35-5)26(37-28(30)34)19(4)12-18(3)25(32)24(11-16)36-6/h7-9,12-16,18,23-26,32H,10-11,29H2,1-6H3,(H2,30,34)(H,31,33)/b9-7+,17-8-,19-12-/t16-,18-,23+,24-,25-,26+/m0/s1. The molecule has 9 heteroatoms. The third-order valence-corrected chi connectivity index (χ3v) is 6.51. The Morgan fingerprint density at radius 3 is 2.46 bits per heavy atom. The number of ether oxygens (including phenoxy) is 3. The lowest BCUT2D eigenvalue weighted by molar-refractivity contribution is -0.112. The molecule has 1 aromatic rings. The van der Waals surface area contributed by atoms with E-state index < -0.39 is 30.5 Å². The minimum absolute atomic E-state index is 0.152. The van der Waals surface area contributed by atoms with Crippen LogP contribution in [0.25, 0.3) is 0 Å². The summed E-state index contributed by atoms with van der Waals surface area (Å²) in [7, 11) is 3.06. The molecular weight excluding hydrogens is 474 g/mol. The van der Waals surface area contributed by atoms with E-state index in [1.807, 2.05) is 25.1 Å². The Kier molecular flexibility index (Phi) is 11.4. The molecular formula is C28H41N3O6. The SMILES string of the molecule is CO[C@H]1C[C@@H](C)Cc2cc(N)cc(c2)NC(=O)/C(C)=C\C=C\[C@@H](OC)[C@H](OC(N)=O)/C(C)=C\[C@H](C)[C@@H]1O. The molecule has 2 amide bonds. The fourth-order valence-electron chi connectivity index (χ4n) is 4.57. The number of allylic oxidation sites excluding steroid dienone is 2. The van der Waals surface area contributed by atoms with Crippen molar-refractivity contribution in [3.8, 4) is 0 Å². The molecule has 1 aromatic carbocycles. The van der Waals surface area contributed by atoms with Crippen molar-refractivity contribution in [3.63, 3.8) is 0 Å². The van der Waals surface area contributed by atoms with Gasteiger partial charge in [-0.25, -0.2) is 4.79 Å². The molecule has 37 heavy (non-hydrogen) atoms. The van der Waals surface area contributed by atoms with Crippen molar-refractivity contribution in [3.05, 3.63) is 59.2 Å². The summed E-state index contributed by atoms with van der Waals surface area (Å²) in [6.45, 7) is 7.43. The lowest BCUT2D eigenvalue weighted by Crippen LogP contribution is -2.37. The molecule has 0 aromatic heterocycles. The fraction of sp³-hybridized carbons (Fsp3) is 0.500. The zero-order valence-corrected chi connectivity index (χ0v) is 22.6. The van der Waals surface area contributed by atoms with Gasteiger partial charge in [-0.15, -0.1) is 0 Å². The second kappa shape index (κ2) is 14.0. The van der Waals surface area contributed by atoms with Gasteiger partial charge >= 0.3 is 6.09 Å². The first kappa shape index (κ1) is 30.1. The Labute approximate surface area is 219 Å². The average molecular weight is 516 g/mol. The van der Waals surface area contributed by atoms with Crippen LogP contribution in [0.4, 0.5) is 16.2 Å². The number of hydrogen-bond donors (Lipinski definition) is 4. The Bertz CT molecular complexity index is 1030. The number of hydrogen-bond acceptors (Lipinski definition) is 7. The second-order valence-corrected chi connectivity index (χ2v) is 9.79. The summed E-state index contributed by atoms with van der Waals surface area (Å²) in [4.78, 5) is 24.4. The van der Waals surface area contributed by atoms with Gasteiger partial charge in [-0.1, -0.05) is 38.2 Å². The first-order valence-corrected chi connectivity index (χ1v) is 12.4.